The molecule has 114 valence electrons. The van der Waals surface area contributed by atoms with Gasteiger partial charge in [-0.05, 0) is 42.5 Å². The molecule has 0 atom stereocenters. The van der Waals surface area contributed by atoms with Crippen LogP contribution in [-0.2, 0) is 16.6 Å². The van der Waals surface area contributed by atoms with Crippen molar-refractivity contribution in [3.8, 4) is 0 Å². The molecule has 1 aliphatic rings. The van der Waals surface area contributed by atoms with Gasteiger partial charge in [0.15, 0.2) is 0 Å². The first-order chi connectivity index (χ1) is 10.6. The van der Waals surface area contributed by atoms with Crippen LogP contribution in [0.15, 0.2) is 48.5 Å². The summed E-state index contributed by atoms with van der Waals surface area (Å²) in [5.74, 6) is 0.115. The molecule has 1 aliphatic carbocycles. The van der Waals surface area contributed by atoms with Gasteiger partial charge >= 0.3 is 0 Å². The Hall–Kier alpha value is -1.51. The van der Waals surface area contributed by atoms with E-state index < -0.39 is 0 Å². The first kappa shape index (κ1) is 15.4. The number of carbonyl (C=O) groups excluding carboxylic acids is 1. The number of benzene rings is 2. The second kappa shape index (κ2) is 6.31. The molecule has 0 heterocycles. The van der Waals surface area contributed by atoms with Gasteiger partial charge in [-0.1, -0.05) is 59.6 Å². The Labute approximate surface area is 140 Å². The molecule has 4 heteroatoms. The lowest BCUT2D eigenvalue weighted by Crippen LogP contribution is -2.35. The van der Waals surface area contributed by atoms with Gasteiger partial charge in [-0.25, -0.2) is 0 Å². The largest absolute Gasteiger partial charge is 0.355 e. The SMILES string of the molecule is O=C(NCCc1ccc(Cl)cc1Cl)C1(c2ccccc2)CC1. The van der Waals surface area contributed by atoms with Crippen LogP contribution in [0.25, 0.3) is 0 Å². The summed E-state index contributed by atoms with van der Waals surface area (Å²) in [4.78, 5) is 12.5. The Morgan fingerprint density at radius 2 is 1.82 bits per heavy atom. The van der Waals surface area contributed by atoms with E-state index in [1.807, 2.05) is 42.5 Å². The third-order valence-electron chi connectivity index (χ3n) is 4.21. The lowest BCUT2D eigenvalue weighted by molar-refractivity contribution is -0.123. The molecular weight excluding hydrogens is 317 g/mol. The van der Waals surface area contributed by atoms with Crippen LogP contribution in [-0.4, -0.2) is 12.5 Å². The molecule has 0 aromatic heterocycles. The summed E-state index contributed by atoms with van der Waals surface area (Å²) in [5, 5.41) is 4.31. The van der Waals surface area contributed by atoms with Crippen LogP contribution in [0, 0.1) is 0 Å². The van der Waals surface area contributed by atoms with Crippen molar-refractivity contribution in [2.24, 2.45) is 0 Å². The quantitative estimate of drug-likeness (QED) is 0.864. The molecule has 0 spiro atoms. The second-order valence-corrected chi connectivity index (χ2v) is 6.53. The van der Waals surface area contributed by atoms with E-state index in [4.69, 9.17) is 23.2 Å². The molecule has 0 aliphatic heterocycles. The average Bonchev–Trinajstić information content (AvgIpc) is 3.32. The fraction of sp³-hybridized carbons (Fsp3) is 0.278. The van der Waals surface area contributed by atoms with E-state index in [1.165, 1.54) is 0 Å². The molecule has 2 nitrogen and oxygen atoms in total. The number of hydrogen-bond donors (Lipinski definition) is 1. The van der Waals surface area contributed by atoms with Crippen molar-refractivity contribution >= 4 is 29.1 Å². The fourth-order valence-electron chi connectivity index (χ4n) is 2.73. The molecule has 3 rings (SSSR count). The van der Waals surface area contributed by atoms with E-state index in [0.29, 0.717) is 23.0 Å². The zero-order valence-electron chi connectivity index (χ0n) is 12.1. The van der Waals surface area contributed by atoms with Gasteiger partial charge in [0.1, 0.15) is 0 Å². The topological polar surface area (TPSA) is 29.1 Å². The van der Waals surface area contributed by atoms with Gasteiger partial charge in [-0.15, -0.1) is 0 Å². The third kappa shape index (κ3) is 3.13. The van der Waals surface area contributed by atoms with Crippen molar-refractivity contribution in [2.75, 3.05) is 6.54 Å². The van der Waals surface area contributed by atoms with E-state index in [2.05, 4.69) is 5.32 Å². The lowest BCUT2D eigenvalue weighted by Gasteiger charge is -2.16. The van der Waals surface area contributed by atoms with Crippen LogP contribution >= 0.6 is 23.2 Å². The highest BCUT2D eigenvalue weighted by molar-refractivity contribution is 6.35. The summed E-state index contributed by atoms with van der Waals surface area (Å²) in [6.45, 7) is 0.578. The van der Waals surface area contributed by atoms with Crippen molar-refractivity contribution in [1.82, 2.24) is 5.32 Å². The predicted molar refractivity (Wildman–Crippen MR) is 90.5 cm³/mol. The number of amides is 1. The number of halogens is 2. The van der Waals surface area contributed by atoms with Crippen molar-refractivity contribution in [2.45, 2.75) is 24.7 Å². The molecule has 0 radical (unpaired) electrons. The van der Waals surface area contributed by atoms with E-state index in [9.17, 15) is 4.79 Å². The molecule has 2 aromatic carbocycles. The van der Waals surface area contributed by atoms with Crippen molar-refractivity contribution in [1.29, 1.82) is 0 Å². The summed E-state index contributed by atoms with van der Waals surface area (Å²) in [7, 11) is 0. The van der Waals surface area contributed by atoms with Crippen LogP contribution in [0.1, 0.15) is 24.0 Å². The molecule has 1 fully saturated rings. The predicted octanol–water partition coefficient (Wildman–Crippen LogP) is 4.38. The van der Waals surface area contributed by atoms with E-state index >= 15 is 0 Å². The highest BCUT2D eigenvalue weighted by Crippen LogP contribution is 2.48. The summed E-state index contributed by atoms with van der Waals surface area (Å²) in [5.41, 5.74) is 1.79. The molecule has 22 heavy (non-hydrogen) atoms. The summed E-state index contributed by atoms with van der Waals surface area (Å²) in [6, 6.07) is 15.4. The average molecular weight is 334 g/mol. The zero-order chi connectivity index (χ0) is 15.6. The van der Waals surface area contributed by atoms with E-state index in [-0.39, 0.29) is 11.3 Å². The van der Waals surface area contributed by atoms with E-state index in [1.54, 1.807) is 6.07 Å². The molecule has 2 aromatic rings. The van der Waals surface area contributed by atoms with Gasteiger partial charge in [0.2, 0.25) is 5.91 Å². The third-order valence-corrected chi connectivity index (χ3v) is 4.79. The molecule has 0 saturated heterocycles. The monoisotopic (exact) mass is 333 g/mol. The minimum Gasteiger partial charge on any atom is -0.355 e. The Bertz CT molecular complexity index is 681. The summed E-state index contributed by atoms with van der Waals surface area (Å²) in [6.07, 6.45) is 2.54. The zero-order valence-corrected chi connectivity index (χ0v) is 13.6. The number of carbonyl (C=O) groups is 1. The number of hydrogen-bond acceptors (Lipinski definition) is 1. The van der Waals surface area contributed by atoms with Crippen LogP contribution < -0.4 is 5.32 Å². The molecule has 1 N–H and O–H groups in total. The normalized spacial score (nSPS) is 15.4. The Balaban J connectivity index is 1.59. The summed E-state index contributed by atoms with van der Waals surface area (Å²) >= 11 is 12.0. The number of rotatable bonds is 5. The molecule has 1 saturated carbocycles. The first-order valence-corrected chi connectivity index (χ1v) is 8.15. The molecular formula is C18H17Cl2NO. The Kier molecular flexibility index (Phi) is 4.42. The van der Waals surface area contributed by atoms with Crippen molar-refractivity contribution in [3.63, 3.8) is 0 Å². The first-order valence-electron chi connectivity index (χ1n) is 7.40. The van der Waals surface area contributed by atoms with Gasteiger partial charge in [0.25, 0.3) is 0 Å². The van der Waals surface area contributed by atoms with Gasteiger partial charge < -0.3 is 5.32 Å². The molecule has 0 bridgehead atoms. The van der Waals surface area contributed by atoms with Gasteiger partial charge in [-0.3, -0.25) is 4.79 Å². The van der Waals surface area contributed by atoms with Crippen LogP contribution in [0.5, 0.6) is 0 Å². The van der Waals surface area contributed by atoms with Crippen LogP contribution in [0.2, 0.25) is 10.0 Å². The minimum atomic E-state index is -0.314. The van der Waals surface area contributed by atoms with Gasteiger partial charge in [0, 0.05) is 16.6 Å². The minimum absolute atomic E-state index is 0.115. The number of nitrogens with one attached hydrogen (secondary N) is 1. The van der Waals surface area contributed by atoms with Crippen LogP contribution in [0.3, 0.4) is 0 Å². The highest BCUT2D eigenvalue weighted by Gasteiger charge is 2.50. The maximum absolute atomic E-state index is 12.5. The maximum atomic E-state index is 12.5. The second-order valence-electron chi connectivity index (χ2n) is 5.69. The summed E-state index contributed by atoms with van der Waals surface area (Å²) < 4.78 is 0. The van der Waals surface area contributed by atoms with Crippen molar-refractivity contribution in [3.05, 3.63) is 69.7 Å². The smallest absolute Gasteiger partial charge is 0.230 e. The van der Waals surface area contributed by atoms with Crippen molar-refractivity contribution < 1.29 is 4.79 Å². The highest BCUT2D eigenvalue weighted by atomic mass is 35.5. The lowest BCUT2D eigenvalue weighted by atomic mass is 9.95. The fourth-order valence-corrected chi connectivity index (χ4v) is 3.24. The Morgan fingerprint density at radius 1 is 1.09 bits per heavy atom. The van der Waals surface area contributed by atoms with E-state index in [0.717, 1.165) is 24.0 Å². The molecule has 0 unspecified atom stereocenters. The van der Waals surface area contributed by atoms with Crippen LogP contribution in [0.4, 0.5) is 0 Å². The molecule has 1 amide bonds. The van der Waals surface area contributed by atoms with Gasteiger partial charge in [0.05, 0.1) is 5.41 Å². The standard InChI is InChI=1S/C18H17Cl2NO/c19-15-7-6-13(16(20)12-15)8-11-21-17(22)18(9-10-18)14-4-2-1-3-5-14/h1-7,12H,8-11H2,(H,21,22). The maximum Gasteiger partial charge on any atom is 0.230 e. The Morgan fingerprint density at radius 3 is 2.45 bits per heavy atom. The van der Waals surface area contributed by atoms with Gasteiger partial charge in [-0.2, -0.15) is 0 Å².